The van der Waals surface area contributed by atoms with Crippen molar-refractivity contribution in [1.82, 2.24) is 4.90 Å². The van der Waals surface area contributed by atoms with Crippen LogP contribution in [-0.2, 0) is 10.2 Å². The normalized spacial score (nSPS) is 20.6. The molecule has 2 aliphatic rings. The number of halogens is 1. The van der Waals surface area contributed by atoms with Gasteiger partial charge < -0.3 is 10.0 Å². The number of benzene rings is 2. The molecule has 2 fully saturated rings. The molecule has 1 saturated carbocycles. The molecular weight excluding hydrogens is 329 g/mol. The Morgan fingerprint density at radius 3 is 2.23 bits per heavy atom. The van der Waals surface area contributed by atoms with E-state index in [0.29, 0.717) is 13.1 Å². The fraction of sp³-hybridized carbons (Fsp3) is 0.409. The van der Waals surface area contributed by atoms with E-state index in [-0.39, 0.29) is 17.6 Å². The second-order valence-electron chi connectivity index (χ2n) is 7.57. The minimum atomic E-state index is -0.472. The van der Waals surface area contributed by atoms with Gasteiger partial charge in [-0.1, -0.05) is 42.5 Å². The van der Waals surface area contributed by atoms with E-state index in [0.717, 1.165) is 36.8 Å². The van der Waals surface area contributed by atoms with Crippen LogP contribution in [-0.4, -0.2) is 29.0 Å². The van der Waals surface area contributed by atoms with E-state index in [1.54, 1.807) is 12.1 Å². The van der Waals surface area contributed by atoms with Crippen molar-refractivity contribution < 1.29 is 14.3 Å². The van der Waals surface area contributed by atoms with Crippen molar-refractivity contribution in [3.05, 3.63) is 71.5 Å². The number of carbonyl (C=O) groups excluding carboxylic acids is 1. The lowest BCUT2D eigenvalue weighted by molar-refractivity contribution is -0.136. The molecule has 1 amide bonds. The summed E-state index contributed by atoms with van der Waals surface area (Å²) < 4.78 is 13.2. The Kier molecular flexibility index (Phi) is 4.53. The highest BCUT2D eigenvalue weighted by atomic mass is 19.1. The van der Waals surface area contributed by atoms with Gasteiger partial charge in [-0.05, 0) is 54.9 Å². The Bertz CT molecular complexity index is 762. The van der Waals surface area contributed by atoms with E-state index in [1.165, 1.54) is 12.1 Å². The second-order valence-corrected chi connectivity index (χ2v) is 7.57. The number of rotatable bonds is 4. The zero-order valence-electron chi connectivity index (χ0n) is 14.8. The Morgan fingerprint density at radius 2 is 1.65 bits per heavy atom. The molecule has 0 aromatic heterocycles. The van der Waals surface area contributed by atoms with Crippen molar-refractivity contribution in [2.75, 3.05) is 13.1 Å². The van der Waals surface area contributed by atoms with Gasteiger partial charge in [0.15, 0.2) is 0 Å². The first-order valence-electron chi connectivity index (χ1n) is 9.39. The molecule has 2 aromatic carbocycles. The van der Waals surface area contributed by atoms with Gasteiger partial charge in [0.05, 0.1) is 11.5 Å². The van der Waals surface area contributed by atoms with E-state index in [2.05, 4.69) is 0 Å². The molecule has 1 heterocycles. The van der Waals surface area contributed by atoms with Crippen LogP contribution in [0.5, 0.6) is 0 Å². The molecule has 1 unspecified atom stereocenters. The summed E-state index contributed by atoms with van der Waals surface area (Å²) in [5.41, 5.74) is 1.43. The number of hydrogen-bond donors (Lipinski definition) is 1. The van der Waals surface area contributed by atoms with Crippen LogP contribution in [0.25, 0.3) is 0 Å². The molecule has 136 valence electrons. The van der Waals surface area contributed by atoms with Gasteiger partial charge in [0.1, 0.15) is 5.82 Å². The highest BCUT2D eigenvalue weighted by Gasteiger charge is 2.53. The minimum absolute atomic E-state index is 0.164. The predicted octanol–water partition coefficient (Wildman–Crippen LogP) is 3.83. The standard InChI is InChI=1S/C22H24FNO2/c23-19-8-6-18(7-9-19)22(12-13-22)21(26)24-14-10-17(11-15-24)20(25)16-4-2-1-3-5-16/h1-9,17,20,25H,10-15H2. The molecule has 1 N–H and O–H groups in total. The van der Waals surface area contributed by atoms with Crippen LogP contribution in [0.3, 0.4) is 0 Å². The molecule has 4 rings (SSSR count). The van der Waals surface area contributed by atoms with Gasteiger partial charge in [0.25, 0.3) is 0 Å². The lowest BCUT2D eigenvalue weighted by atomic mass is 9.86. The third kappa shape index (κ3) is 3.14. The smallest absolute Gasteiger partial charge is 0.233 e. The SMILES string of the molecule is O=C(N1CCC(C(O)c2ccccc2)CC1)C1(c2ccc(F)cc2)CC1. The third-order valence-corrected chi connectivity index (χ3v) is 5.97. The Hall–Kier alpha value is -2.20. The fourth-order valence-corrected chi connectivity index (χ4v) is 4.16. The largest absolute Gasteiger partial charge is 0.388 e. The summed E-state index contributed by atoms with van der Waals surface area (Å²) in [5.74, 6) is 0.0758. The first kappa shape index (κ1) is 17.2. The van der Waals surface area contributed by atoms with E-state index in [4.69, 9.17) is 0 Å². The topological polar surface area (TPSA) is 40.5 Å². The molecule has 0 radical (unpaired) electrons. The van der Waals surface area contributed by atoms with Crippen LogP contribution in [0.15, 0.2) is 54.6 Å². The zero-order chi connectivity index (χ0) is 18.1. The van der Waals surface area contributed by atoms with Gasteiger partial charge in [-0.3, -0.25) is 4.79 Å². The highest BCUT2D eigenvalue weighted by molar-refractivity contribution is 5.91. The van der Waals surface area contributed by atoms with E-state index in [1.807, 2.05) is 35.2 Å². The first-order chi connectivity index (χ1) is 12.6. The van der Waals surface area contributed by atoms with Crippen molar-refractivity contribution >= 4 is 5.91 Å². The molecule has 3 nitrogen and oxygen atoms in total. The van der Waals surface area contributed by atoms with Gasteiger partial charge in [-0.25, -0.2) is 4.39 Å². The molecule has 26 heavy (non-hydrogen) atoms. The minimum Gasteiger partial charge on any atom is -0.388 e. The molecular formula is C22H24FNO2. The van der Waals surface area contributed by atoms with Crippen LogP contribution >= 0.6 is 0 Å². The van der Waals surface area contributed by atoms with Gasteiger partial charge in [0.2, 0.25) is 5.91 Å². The van der Waals surface area contributed by atoms with Crippen molar-refractivity contribution in [1.29, 1.82) is 0 Å². The summed E-state index contributed by atoms with van der Waals surface area (Å²) in [6, 6.07) is 16.1. The number of aliphatic hydroxyl groups excluding tert-OH is 1. The molecule has 4 heteroatoms. The van der Waals surface area contributed by atoms with Gasteiger partial charge in [-0.15, -0.1) is 0 Å². The summed E-state index contributed by atoms with van der Waals surface area (Å²) >= 11 is 0. The van der Waals surface area contributed by atoms with Crippen LogP contribution in [0.1, 0.15) is 42.9 Å². The quantitative estimate of drug-likeness (QED) is 0.907. The number of nitrogens with zero attached hydrogens (tertiary/aromatic N) is 1. The molecule has 1 saturated heterocycles. The maximum absolute atomic E-state index is 13.2. The average molecular weight is 353 g/mol. The Morgan fingerprint density at radius 1 is 1.04 bits per heavy atom. The van der Waals surface area contributed by atoms with Crippen molar-refractivity contribution in [2.24, 2.45) is 5.92 Å². The lowest BCUT2D eigenvalue weighted by Crippen LogP contribution is -2.44. The van der Waals surface area contributed by atoms with Crippen LogP contribution in [0, 0.1) is 11.7 Å². The number of likely N-dealkylation sites (tertiary alicyclic amines) is 1. The maximum Gasteiger partial charge on any atom is 0.233 e. The van der Waals surface area contributed by atoms with E-state index >= 15 is 0 Å². The Balaban J connectivity index is 1.40. The monoisotopic (exact) mass is 353 g/mol. The molecule has 0 bridgehead atoms. The van der Waals surface area contributed by atoms with Crippen LogP contribution in [0.4, 0.5) is 4.39 Å². The third-order valence-electron chi connectivity index (χ3n) is 5.97. The van der Waals surface area contributed by atoms with Crippen molar-refractivity contribution in [2.45, 2.75) is 37.2 Å². The average Bonchev–Trinajstić information content (AvgIpc) is 3.50. The number of piperidine rings is 1. The summed E-state index contributed by atoms with van der Waals surface area (Å²) in [6.07, 6.45) is 2.82. The van der Waals surface area contributed by atoms with Crippen molar-refractivity contribution in [3.63, 3.8) is 0 Å². The molecule has 1 aliphatic carbocycles. The fourth-order valence-electron chi connectivity index (χ4n) is 4.16. The van der Waals surface area contributed by atoms with Gasteiger partial charge in [-0.2, -0.15) is 0 Å². The summed E-state index contributed by atoms with van der Waals surface area (Å²) in [4.78, 5) is 15.0. The van der Waals surface area contributed by atoms with E-state index in [9.17, 15) is 14.3 Å². The van der Waals surface area contributed by atoms with Gasteiger partial charge >= 0.3 is 0 Å². The number of hydrogen-bond acceptors (Lipinski definition) is 2. The van der Waals surface area contributed by atoms with Crippen molar-refractivity contribution in [3.8, 4) is 0 Å². The number of carbonyl (C=O) groups is 1. The summed E-state index contributed by atoms with van der Waals surface area (Å²) in [7, 11) is 0. The first-order valence-corrected chi connectivity index (χ1v) is 9.39. The van der Waals surface area contributed by atoms with E-state index < -0.39 is 11.5 Å². The molecule has 1 atom stereocenters. The summed E-state index contributed by atoms with van der Waals surface area (Å²) in [5, 5.41) is 10.6. The molecule has 0 spiro atoms. The number of amides is 1. The maximum atomic E-state index is 13.2. The van der Waals surface area contributed by atoms with Gasteiger partial charge in [0, 0.05) is 13.1 Å². The Labute approximate surface area is 153 Å². The lowest BCUT2D eigenvalue weighted by Gasteiger charge is -2.36. The molecule has 2 aromatic rings. The second kappa shape index (κ2) is 6.84. The predicted molar refractivity (Wildman–Crippen MR) is 98.0 cm³/mol. The number of aliphatic hydroxyl groups is 1. The summed E-state index contributed by atoms with van der Waals surface area (Å²) in [6.45, 7) is 1.35. The van der Waals surface area contributed by atoms with Crippen LogP contribution < -0.4 is 0 Å². The zero-order valence-corrected chi connectivity index (χ0v) is 14.8. The van der Waals surface area contributed by atoms with Crippen LogP contribution in [0.2, 0.25) is 0 Å². The highest BCUT2D eigenvalue weighted by Crippen LogP contribution is 2.50. The molecule has 1 aliphatic heterocycles.